The Morgan fingerprint density at radius 1 is 1.33 bits per heavy atom. The molecule has 1 N–H and O–H groups in total. The molecule has 8 heteroatoms. The first-order chi connectivity index (χ1) is 11.5. The zero-order valence-corrected chi connectivity index (χ0v) is 13.4. The van der Waals surface area contributed by atoms with Gasteiger partial charge in [-0.05, 0) is 30.7 Å². The topological polar surface area (TPSA) is 93.8 Å². The largest absolute Gasteiger partial charge is 0.481 e. The molecule has 2 aromatic carbocycles. The number of rotatable bonds is 6. The number of nitrogens with zero attached hydrogens (tertiary/aromatic N) is 2. The molecular weight excluding hydrogens is 334 g/mol. The Labute approximate surface area is 143 Å². The summed E-state index contributed by atoms with van der Waals surface area (Å²) in [4.78, 5) is 22.1. The van der Waals surface area contributed by atoms with Crippen LogP contribution in [0.3, 0.4) is 0 Å². The first-order valence-corrected chi connectivity index (χ1v) is 7.33. The van der Waals surface area contributed by atoms with E-state index >= 15 is 0 Å². The van der Waals surface area contributed by atoms with Crippen LogP contribution in [0.15, 0.2) is 53.6 Å². The summed E-state index contributed by atoms with van der Waals surface area (Å²) in [7, 11) is 0. The number of carbonyl (C=O) groups is 1. The zero-order valence-electron chi connectivity index (χ0n) is 12.7. The van der Waals surface area contributed by atoms with Crippen molar-refractivity contribution < 1.29 is 14.5 Å². The Balaban J connectivity index is 1.91. The van der Waals surface area contributed by atoms with Gasteiger partial charge in [-0.1, -0.05) is 29.8 Å². The molecule has 24 heavy (non-hydrogen) atoms. The van der Waals surface area contributed by atoms with Crippen molar-refractivity contribution >= 4 is 29.4 Å². The number of nitro groups is 1. The predicted molar refractivity (Wildman–Crippen MR) is 90.4 cm³/mol. The van der Waals surface area contributed by atoms with Crippen LogP contribution in [0.1, 0.15) is 12.5 Å². The number of benzene rings is 2. The van der Waals surface area contributed by atoms with Crippen LogP contribution < -0.4 is 10.2 Å². The number of halogens is 1. The van der Waals surface area contributed by atoms with E-state index in [2.05, 4.69) is 10.5 Å². The summed E-state index contributed by atoms with van der Waals surface area (Å²) in [5, 5.41) is 15.1. The molecule has 1 unspecified atom stereocenters. The highest BCUT2D eigenvalue weighted by atomic mass is 35.5. The van der Waals surface area contributed by atoms with E-state index in [0.29, 0.717) is 5.02 Å². The molecule has 0 spiro atoms. The highest BCUT2D eigenvalue weighted by molar-refractivity contribution is 6.30. The van der Waals surface area contributed by atoms with Gasteiger partial charge in [0.2, 0.25) is 0 Å². The number of hydrazone groups is 1. The van der Waals surface area contributed by atoms with Gasteiger partial charge in [0.25, 0.3) is 11.6 Å². The molecule has 0 aliphatic heterocycles. The normalized spacial score (nSPS) is 11.9. The van der Waals surface area contributed by atoms with Crippen LogP contribution in [-0.2, 0) is 4.79 Å². The molecule has 0 aliphatic carbocycles. The van der Waals surface area contributed by atoms with Gasteiger partial charge in [-0.15, -0.1) is 0 Å². The third-order valence-corrected chi connectivity index (χ3v) is 3.22. The first-order valence-electron chi connectivity index (χ1n) is 6.95. The first kappa shape index (κ1) is 17.4. The number of non-ortho nitro benzene ring substituents is 1. The minimum Gasteiger partial charge on any atom is -0.481 e. The number of hydrogen-bond donors (Lipinski definition) is 1. The van der Waals surface area contributed by atoms with Crippen molar-refractivity contribution in [2.24, 2.45) is 5.10 Å². The summed E-state index contributed by atoms with van der Waals surface area (Å²) >= 11 is 5.77. The molecule has 2 aromatic rings. The van der Waals surface area contributed by atoms with E-state index in [-0.39, 0.29) is 11.4 Å². The van der Waals surface area contributed by atoms with E-state index in [1.54, 1.807) is 24.3 Å². The van der Waals surface area contributed by atoms with Gasteiger partial charge in [0.1, 0.15) is 5.75 Å². The van der Waals surface area contributed by atoms with Gasteiger partial charge in [-0.3, -0.25) is 14.9 Å². The zero-order chi connectivity index (χ0) is 17.5. The number of amides is 1. The van der Waals surface area contributed by atoms with Crippen LogP contribution in [-0.4, -0.2) is 23.1 Å². The number of hydrogen-bond acceptors (Lipinski definition) is 5. The lowest BCUT2D eigenvalue weighted by Gasteiger charge is -2.12. The highest BCUT2D eigenvalue weighted by Crippen LogP contribution is 2.20. The summed E-state index contributed by atoms with van der Waals surface area (Å²) in [6, 6.07) is 12.5. The maximum Gasteiger partial charge on any atom is 0.280 e. The Morgan fingerprint density at radius 2 is 2.04 bits per heavy atom. The predicted octanol–water partition coefficient (Wildman–Crippen LogP) is 3.17. The fraction of sp³-hybridized carbons (Fsp3) is 0.125. The standard InChI is InChI=1S/C16H14ClN3O4/c1-11(24-15-4-2-3-14(9-15)20(22)23)16(21)19-18-10-12-5-7-13(17)8-6-12/h2-11H,1H3,(H,19,21)/b18-10+. The molecule has 0 radical (unpaired) electrons. The minimum absolute atomic E-state index is 0.110. The monoisotopic (exact) mass is 347 g/mol. The van der Waals surface area contributed by atoms with Crippen molar-refractivity contribution in [2.75, 3.05) is 0 Å². The van der Waals surface area contributed by atoms with Gasteiger partial charge >= 0.3 is 0 Å². The smallest absolute Gasteiger partial charge is 0.280 e. The van der Waals surface area contributed by atoms with Crippen molar-refractivity contribution in [1.29, 1.82) is 0 Å². The molecule has 1 atom stereocenters. The van der Waals surface area contributed by atoms with E-state index in [1.165, 1.54) is 37.4 Å². The molecule has 0 aromatic heterocycles. The Bertz CT molecular complexity index is 762. The van der Waals surface area contributed by atoms with Crippen molar-refractivity contribution in [3.05, 3.63) is 69.2 Å². The van der Waals surface area contributed by atoms with Gasteiger partial charge < -0.3 is 4.74 Å². The number of nitro benzene ring substituents is 1. The Kier molecular flexibility index (Phi) is 5.86. The lowest BCUT2D eigenvalue weighted by Crippen LogP contribution is -2.33. The fourth-order valence-corrected chi connectivity index (χ4v) is 1.86. The van der Waals surface area contributed by atoms with Crippen LogP contribution >= 0.6 is 11.6 Å². The number of carbonyl (C=O) groups excluding carboxylic acids is 1. The minimum atomic E-state index is -0.866. The second-order valence-corrected chi connectivity index (χ2v) is 5.24. The molecule has 0 fully saturated rings. The molecule has 1 amide bonds. The Hall–Kier alpha value is -2.93. The summed E-state index contributed by atoms with van der Waals surface area (Å²) < 4.78 is 5.38. The van der Waals surface area contributed by atoms with Crippen LogP contribution in [0, 0.1) is 10.1 Å². The molecular formula is C16H14ClN3O4. The quantitative estimate of drug-likeness (QED) is 0.493. The van der Waals surface area contributed by atoms with Crippen molar-refractivity contribution in [1.82, 2.24) is 5.43 Å². The molecule has 2 rings (SSSR count). The average molecular weight is 348 g/mol. The molecule has 0 bridgehead atoms. The van der Waals surface area contributed by atoms with Crippen molar-refractivity contribution in [2.45, 2.75) is 13.0 Å². The second kappa shape index (κ2) is 8.07. The van der Waals surface area contributed by atoms with E-state index in [0.717, 1.165) is 5.56 Å². The van der Waals surface area contributed by atoms with Crippen LogP contribution in [0.2, 0.25) is 5.02 Å². The molecule has 0 aliphatic rings. The van der Waals surface area contributed by atoms with Crippen molar-refractivity contribution in [3.63, 3.8) is 0 Å². The van der Waals surface area contributed by atoms with E-state index in [4.69, 9.17) is 16.3 Å². The highest BCUT2D eigenvalue weighted by Gasteiger charge is 2.15. The van der Waals surface area contributed by atoms with Crippen LogP contribution in [0.25, 0.3) is 0 Å². The summed E-state index contributed by atoms with van der Waals surface area (Å²) in [5.41, 5.74) is 3.00. The van der Waals surface area contributed by atoms with Crippen LogP contribution in [0.4, 0.5) is 5.69 Å². The van der Waals surface area contributed by atoms with Gasteiger partial charge in [-0.2, -0.15) is 5.10 Å². The lowest BCUT2D eigenvalue weighted by atomic mass is 10.2. The summed E-state index contributed by atoms with van der Waals surface area (Å²) in [6.45, 7) is 1.52. The summed E-state index contributed by atoms with van der Waals surface area (Å²) in [5.74, 6) is -0.250. The summed E-state index contributed by atoms with van der Waals surface area (Å²) in [6.07, 6.45) is 0.600. The third-order valence-electron chi connectivity index (χ3n) is 2.97. The maximum absolute atomic E-state index is 11.9. The van der Waals surface area contributed by atoms with Crippen molar-refractivity contribution in [3.8, 4) is 5.75 Å². The van der Waals surface area contributed by atoms with E-state index in [1.807, 2.05) is 0 Å². The molecule has 7 nitrogen and oxygen atoms in total. The second-order valence-electron chi connectivity index (χ2n) is 4.80. The number of ether oxygens (including phenoxy) is 1. The van der Waals surface area contributed by atoms with E-state index < -0.39 is 16.9 Å². The fourth-order valence-electron chi connectivity index (χ4n) is 1.74. The van der Waals surface area contributed by atoms with E-state index in [9.17, 15) is 14.9 Å². The average Bonchev–Trinajstić information content (AvgIpc) is 2.56. The maximum atomic E-state index is 11.9. The van der Waals surface area contributed by atoms with Gasteiger partial charge in [0.15, 0.2) is 6.10 Å². The van der Waals surface area contributed by atoms with Gasteiger partial charge in [0.05, 0.1) is 17.2 Å². The number of nitrogens with one attached hydrogen (secondary N) is 1. The van der Waals surface area contributed by atoms with Gasteiger partial charge in [0, 0.05) is 11.1 Å². The molecule has 0 saturated carbocycles. The molecule has 0 saturated heterocycles. The SMILES string of the molecule is CC(Oc1cccc([N+](=O)[O-])c1)C(=O)N/N=C/c1ccc(Cl)cc1. The Morgan fingerprint density at radius 3 is 2.71 bits per heavy atom. The van der Waals surface area contributed by atoms with Gasteiger partial charge in [-0.25, -0.2) is 5.43 Å². The van der Waals surface area contributed by atoms with Crippen LogP contribution in [0.5, 0.6) is 5.75 Å². The molecule has 124 valence electrons. The third kappa shape index (κ3) is 5.06. The lowest BCUT2D eigenvalue weighted by molar-refractivity contribution is -0.384. The molecule has 0 heterocycles.